The van der Waals surface area contributed by atoms with Crippen molar-refractivity contribution in [2.75, 3.05) is 5.32 Å². The molecule has 0 unspecified atom stereocenters. The molecule has 3 aromatic heterocycles. The molecule has 3 aromatic rings. The molecule has 0 saturated heterocycles. The fourth-order valence-electron chi connectivity index (χ4n) is 1.71. The van der Waals surface area contributed by atoms with Crippen molar-refractivity contribution in [2.24, 2.45) is 0 Å². The summed E-state index contributed by atoms with van der Waals surface area (Å²) in [5, 5.41) is 9.97. The van der Waals surface area contributed by atoms with Crippen LogP contribution in [0.5, 0.6) is 0 Å². The second-order valence-corrected chi connectivity index (χ2v) is 4.06. The van der Waals surface area contributed by atoms with E-state index in [1.807, 2.05) is 0 Å². The van der Waals surface area contributed by atoms with Gasteiger partial charge in [-0.2, -0.15) is 4.98 Å². The molecule has 1 amide bonds. The Morgan fingerprint density at radius 1 is 1.45 bits per heavy atom. The highest BCUT2D eigenvalue weighted by Gasteiger charge is 2.12. The third kappa shape index (κ3) is 2.16. The first-order valence-corrected chi connectivity index (χ1v) is 5.78. The minimum absolute atomic E-state index is 0.00990. The Bertz CT molecular complexity index is 830. The number of aryl methyl sites for hydroxylation is 1. The predicted octanol–water partition coefficient (Wildman–Crippen LogP) is -0.174. The van der Waals surface area contributed by atoms with E-state index in [1.54, 1.807) is 31.3 Å². The Morgan fingerprint density at radius 3 is 3.00 bits per heavy atom. The van der Waals surface area contributed by atoms with Gasteiger partial charge in [0.15, 0.2) is 11.5 Å². The van der Waals surface area contributed by atoms with Crippen LogP contribution in [0.3, 0.4) is 0 Å². The normalized spacial score (nSPS) is 10.8. The second-order valence-electron chi connectivity index (χ2n) is 4.06. The van der Waals surface area contributed by atoms with Crippen LogP contribution in [0.1, 0.15) is 5.82 Å². The third-order valence-electron chi connectivity index (χ3n) is 2.56. The maximum absolute atomic E-state index is 12.0. The number of nitrogens with zero attached hydrogens (tertiary/aromatic N) is 5. The third-order valence-corrected chi connectivity index (χ3v) is 2.56. The van der Waals surface area contributed by atoms with Gasteiger partial charge >= 0.3 is 11.7 Å². The monoisotopic (exact) mass is 274 g/mol. The van der Waals surface area contributed by atoms with Gasteiger partial charge in [-0.25, -0.2) is 9.48 Å². The summed E-state index contributed by atoms with van der Waals surface area (Å²) < 4.78 is 7.17. The number of fused-ring (bicyclic) bond motifs is 1. The van der Waals surface area contributed by atoms with Crippen LogP contribution in [0.4, 0.5) is 6.01 Å². The van der Waals surface area contributed by atoms with Crippen LogP contribution in [-0.4, -0.2) is 30.2 Å². The number of carbonyl (C=O) groups is 1. The van der Waals surface area contributed by atoms with Gasteiger partial charge in [0.25, 0.3) is 0 Å². The number of rotatable bonds is 3. The molecule has 3 heterocycles. The molecular formula is C11H10N6O3. The Hall–Kier alpha value is -2.97. The van der Waals surface area contributed by atoms with Crippen molar-refractivity contribution >= 4 is 17.6 Å². The summed E-state index contributed by atoms with van der Waals surface area (Å²) >= 11 is 0. The molecule has 0 atom stereocenters. The molecule has 0 aliphatic rings. The predicted molar refractivity (Wildman–Crippen MR) is 67.1 cm³/mol. The average Bonchev–Trinajstić information content (AvgIpc) is 2.95. The second kappa shape index (κ2) is 4.61. The van der Waals surface area contributed by atoms with E-state index in [9.17, 15) is 9.59 Å². The number of hydrogen-bond acceptors (Lipinski definition) is 6. The van der Waals surface area contributed by atoms with Crippen molar-refractivity contribution in [2.45, 2.75) is 13.5 Å². The fourth-order valence-corrected chi connectivity index (χ4v) is 1.71. The number of pyridine rings is 1. The van der Waals surface area contributed by atoms with Crippen molar-refractivity contribution in [3.63, 3.8) is 0 Å². The Kier molecular flexibility index (Phi) is 2.78. The van der Waals surface area contributed by atoms with E-state index in [-0.39, 0.29) is 12.6 Å². The maximum atomic E-state index is 12.0. The molecule has 9 nitrogen and oxygen atoms in total. The number of anilines is 1. The zero-order valence-corrected chi connectivity index (χ0v) is 10.5. The molecule has 102 valence electrons. The van der Waals surface area contributed by atoms with Gasteiger partial charge in [-0.1, -0.05) is 11.2 Å². The lowest BCUT2D eigenvalue weighted by atomic mass is 10.5. The molecule has 0 aromatic carbocycles. The molecule has 0 aliphatic heterocycles. The quantitative estimate of drug-likeness (QED) is 0.710. The first kappa shape index (κ1) is 12.1. The average molecular weight is 274 g/mol. The van der Waals surface area contributed by atoms with Gasteiger partial charge in [-0.15, -0.1) is 5.10 Å². The number of hydrogen-bond donors (Lipinski definition) is 1. The van der Waals surface area contributed by atoms with E-state index in [0.29, 0.717) is 11.5 Å². The van der Waals surface area contributed by atoms with Crippen LogP contribution in [-0.2, 0) is 11.3 Å². The lowest BCUT2D eigenvalue weighted by Gasteiger charge is -1.98. The summed E-state index contributed by atoms with van der Waals surface area (Å²) in [7, 11) is 0. The number of aromatic nitrogens is 5. The Morgan fingerprint density at radius 2 is 2.30 bits per heavy atom. The van der Waals surface area contributed by atoms with Crippen LogP contribution < -0.4 is 11.0 Å². The number of nitrogens with one attached hydrogen (secondary N) is 1. The molecule has 0 aliphatic carbocycles. The molecule has 3 rings (SSSR count). The van der Waals surface area contributed by atoms with Gasteiger partial charge in [-0.3, -0.25) is 14.5 Å². The molecule has 0 spiro atoms. The highest BCUT2D eigenvalue weighted by Crippen LogP contribution is 2.02. The van der Waals surface area contributed by atoms with Crippen LogP contribution in [0.25, 0.3) is 5.65 Å². The molecule has 20 heavy (non-hydrogen) atoms. The first-order valence-electron chi connectivity index (χ1n) is 5.78. The van der Waals surface area contributed by atoms with Gasteiger partial charge < -0.3 is 4.52 Å². The minimum atomic E-state index is -0.473. The highest BCUT2D eigenvalue weighted by atomic mass is 16.5. The zero-order chi connectivity index (χ0) is 14.1. The van der Waals surface area contributed by atoms with Gasteiger partial charge in [0.2, 0.25) is 5.91 Å². The standard InChI is InChI=1S/C11H10N6O3/c1-7-12-10(20-15-7)13-9(18)6-17-11(19)16-5-3-2-4-8(16)14-17/h2-5H,6H2,1H3,(H,12,13,15,18). The summed E-state index contributed by atoms with van der Waals surface area (Å²) in [4.78, 5) is 27.6. The van der Waals surface area contributed by atoms with Gasteiger partial charge in [0.05, 0.1) is 0 Å². The molecule has 0 fully saturated rings. The topological polar surface area (TPSA) is 107 Å². The highest BCUT2D eigenvalue weighted by molar-refractivity contribution is 5.88. The van der Waals surface area contributed by atoms with Crippen LogP contribution >= 0.6 is 0 Å². The Labute approximate surface area is 111 Å². The van der Waals surface area contributed by atoms with Crippen molar-refractivity contribution in [3.8, 4) is 0 Å². The van der Waals surface area contributed by atoms with E-state index in [1.165, 1.54) is 4.40 Å². The van der Waals surface area contributed by atoms with Crippen molar-refractivity contribution < 1.29 is 9.32 Å². The minimum Gasteiger partial charge on any atom is -0.315 e. The largest absolute Gasteiger partial charge is 0.350 e. The van der Waals surface area contributed by atoms with Gasteiger partial charge in [-0.05, 0) is 19.1 Å². The van der Waals surface area contributed by atoms with Crippen LogP contribution in [0.15, 0.2) is 33.7 Å². The van der Waals surface area contributed by atoms with Crippen LogP contribution in [0.2, 0.25) is 0 Å². The van der Waals surface area contributed by atoms with E-state index in [0.717, 1.165) is 4.68 Å². The van der Waals surface area contributed by atoms with E-state index < -0.39 is 11.6 Å². The number of amides is 1. The van der Waals surface area contributed by atoms with E-state index in [4.69, 9.17) is 4.52 Å². The summed E-state index contributed by atoms with van der Waals surface area (Å²) in [5.41, 5.74) is 0.0800. The molecule has 0 radical (unpaired) electrons. The molecular weight excluding hydrogens is 264 g/mol. The summed E-state index contributed by atoms with van der Waals surface area (Å²) in [6.07, 6.45) is 1.58. The lowest BCUT2D eigenvalue weighted by molar-refractivity contribution is -0.117. The maximum Gasteiger partial charge on any atom is 0.350 e. The van der Waals surface area contributed by atoms with Gasteiger partial charge in [0, 0.05) is 6.20 Å². The molecule has 0 saturated carbocycles. The van der Waals surface area contributed by atoms with Crippen molar-refractivity contribution in [1.82, 2.24) is 24.3 Å². The molecule has 9 heteroatoms. The molecule has 0 bridgehead atoms. The van der Waals surface area contributed by atoms with E-state index >= 15 is 0 Å². The zero-order valence-electron chi connectivity index (χ0n) is 10.5. The summed E-state index contributed by atoms with van der Waals surface area (Å²) in [6.45, 7) is 1.40. The molecule has 1 N–H and O–H groups in total. The number of carbonyl (C=O) groups excluding carboxylic acids is 1. The SMILES string of the molecule is Cc1noc(NC(=O)Cn2nc3ccccn3c2=O)n1. The summed E-state index contributed by atoms with van der Waals surface area (Å²) in [5.74, 6) is -0.0654. The van der Waals surface area contributed by atoms with Crippen molar-refractivity contribution in [1.29, 1.82) is 0 Å². The fraction of sp³-hybridized carbons (Fsp3) is 0.182. The smallest absolute Gasteiger partial charge is 0.315 e. The van der Waals surface area contributed by atoms with E-state index in [2.05, 4.69) is 20.6 Å². The Balaban J connectivity index is 1.81. The van der Waals surface area contributed by atoms with Gasteiger partial charge in [0.1, 0.15) is 6.54 Å². The first-order chi connectivity index (χ1) is 9.63. The summed E-state index contributed by atoms with van der Waals surface area (Å²) in [6, 6.07) is 5.14. The van der Waals surface area contributed by atoms with Crippen molar-refractivity contribution in [3.05, 3.63) is 40.7 Å². The van der Waals surface area contributed by atoms with Crippen LogP contribution in [0, 0.1) is 6.92 Å². The lowest BCUT2D eigenvalue weighted by Crippen LogP contribution is -2.28.